The highest BCUT2D eigenvalue weighted by molar-refractivity contribution is 5.93. The van der Waals surface area contributed by atoms with Crippen molar-refractivity contribution < 1.29 is 14.3 Å². The Balaban J connectivity index is 1.40. The number of carbonyl (C=O) groups is 1. The van der Waals surface area contributed by atoms with E-state index >= 15 is 0 Å². The highest BCUT2D eigenvalue weighted by Crippen LogP contribution is 2.21. The van der Waals surface area contributed by atoms with Crippen LogP contribution in [0.4, 0.5) is 0 Å². The Morgan fingerprint density at radius 1 is 1.22 bits per heavy atom. The van der Waals surface area contributed by atoms with E-state index in [1.165, 1.54) is 19.5 Å². The number of hydrogen-bond acceptors (Lipinski definition) is 6. The molecule has 1 aliphatic heterocycles. The van der Waals surface area contributed by atoms with Crippen molar-refractivity contribution >= 4 is 5.91 Å². The smallest absolute Gasteiger partial charge is 0.272 e. The lowest BCUT2D eigenvalue weighted by Gasteiger charge is -2.16. The Morgan fingerprint density at radius 2 is 2.04 bits per heavy atom. The molecular weight excluding hydrogens is 346 g/mol. The molecule has 3 aromatic rings. The van der Waals surface area contributed by atoms with Gasteiger partial charge in [0.2, 0.25) is 11.8 Å². The van der Waals surface area contributed by atoms with Gasteiger partial charge in [0.05, 0.1) is 31.7 Å². The summed E-state index contributed by atoms with van der Waals surface area (Å²) in [5.74, 6) is 0.693. The molecule has 27 heavy (non-hydrogen) atoms. The van der Waals surface area contributed by atoms with Gasteiger partial charge >= 0.3 is 0 Å². The lowest BCUT2D eigenvalue weighted by atomic mass is 10.1. The number of nitrogens with zero attached hydrogens (tertiary/aromatic N) is 4. The zero-order valence-electron chi connectivity index (χ0n) is 14.8. The van der Waals surface area contributed by atoms with E-state index in [4.69, 9.17) is 9.47 Å². The van der Waals surface area contributed by atoms with Crippen molar-refractivity contribution in [3.05, 3.63) is 54.5 Å². The van der Waals surface area contributed by atoms with Crippen LogP contribution in [0.3, 0.4) is 0 Å². The first-order valence-corrected chi connectivity index (χ1v) is 8.66. The number of nitrogens with one attached hydrogen (secondary N) is 1. The number of benzene rings is 1. The van der Waals surface area contributed by atoms with Crippen LogP contribution in [0.15, 0.2) is 48.8 Å². The van der Waals surface area contributed by atoms with E-state index in [9.17, 15) is 4.79 Å². The predicted molar refractivity (Wildman–Crippen MR) is 97.5 cm³/mol. The molecule has 1 atom stereocenters. The Labute approximate surface area is 156 Å². The number of aromatic amines is 1. The SMILES string of the molecule is COc1cncc(OC2CCN(C(=O)c3cc(-c4ccccc4)n[nH]3)C2)n1. The van der Waals surface area contributed by atoms with Gasteiger partial charge in [-0.1, -0.05) is 30.3 Å². The van der Waals surface area contributed by atoms with Crippen LogP contribution in [0.25, 0.3) is 11.3 Å². The summed E-state index contributed by atoms with van der Waals surface area (Å²) in [6.45, 7) is 1.10. The second-order valence-corrected chi connectivity index (χ2v) is 6.21. The average Bonchev–Trinajstić information content (AvgIpc) is 3.38. The van der Waals surface area contributed by atoms with E-state index < -0.39 is 0 Å². The summed E-state index contributed by atoms with van der Waals surface area (Å²) in [7, 11) is 1.53. The number of ether oxygens (including phenoxy) is 2. The molecule has 1 aromatic carbocycles. The number of H-pyrrole nitrogens is 1. The number of aromatic nitrogens is 4. The highest BCUT2D eigenvalue weighted by Gasteiger charge is 2.29. The number of likely N-dealkylation sites (tertiary alicyclic amines) is 1. The number of methoxy groups -OCH3 is 1. The van der Waals surface area contributed by atoms with E-state index in [1.54, 1.807) is 11.0 Å². The number of rotatable bonds is 5. The molecule has 0 spiro atoms. The molecule has 8 heteroatoms. The first kappa shape index (κ1) is 17.0. The summed E-state index contributed by atoms with van der Waals surface area (Å²) in [5, 5.41) is 7.09. The fourth-order valence-corrected chi connectivity index (χ4v) is 3.02. The zero-order chi connectivity index (χ0) is 18.6. The summed E-state index contributed by atoms with van der Waals surface area (Å²) in [4.78, 5) is 22.7. The van der Waals surface area contributed by atoms with Crippen LogP contribution in [0.1, 0.15) is 16.9 Å². The predicted octanol–water partition coefficient (Wildman–Crippen LogP) is 2.17. The first-order valence-electron chi connectivity index (χ1n) is 8.66. The molecule has 1 fully saturated rings. The summed E-state index contributed by atoms with van der Waals surface area (Å²) in [6.07, 6.45) is 3.64. The third-order valence-corrected chi connectivity index (χ3v) is 4.40. The molecular formula is C19H19N5O3. The summed E-state index contributed by atoms with van der Waals surface area (Å²) in [6, 6.07) is 11.5. The van der Waals surface area contributed by atoms with Crippen LogP contribution in [-0.4, -0.2) is 57.3 Å². The monoisotopic (exact) mass is 365 g/mol. The molecule has 1 unspecified atom stereocenters. The molecule has 4 rings (SSSR count). The fraction of sp³-hybridized carbons (Fsp3) is 0.263. The maximum absolute atomic E-state index is 12.7. The van der Waals surface area contributed by atoms with Crippen LogP contribution in [0, 0.1) is 0 Å². The van der Waals surface area contributed by atoms with Gasteiger partial charge in [-0.3, -0.25) is 14.9 Å². The van der Waals surface area contributed by atoms with Gasteiger partial charge < -0.3 is 14.4 Å². The molecule has 0 radical (unpaired) electrons. The van der Waals surface area contributed by atoms with Crippen LogP contribution in [-0.2, 0) is 0 Å². The quantitative estimate of drug-likeness (QED) is 0.745. The van der Waals surface area contributed by atoms with Crippen LogP contribution in [0.2, 0.25) is 0 Å². The Hall–Kier alpha value is -3.42. The van der Waals surface area contributed by atoms with Gasteiger partial charge in [0, 0.05) is 18.5 Å². The third kappa shape index (κ3) is 3.74. The number of hydrogen-bond donors (Lipinski definition) is 1. The molecule has 0 bridgehead atoms. The minimum absolute atomic E-state index is 0.0903. The Bertz CT molecular complexity index is 928. The van der Waals surface area contributed by atoms with Gasteiger partial charge in [0.15, 0.2) is 0 Å². The lowest BCUT2D eigenvalue weighted by Crippen LogP contribution is -2.31. The molecule has 1 aliphatic rings. The van der Waals surface area contributed by atoms with Crippen LogP contribution in [0.5, 0.6) is 11.8 Å². The van der Waals surface area contributed by atoms with Gasteiger partial charge in [-0.25, -0.2) is 0 Å². The molecule has 0 aliphatic carbocycles. The van der Waals surface area contributed by atoms with E-state index in [-0.39, 0.29) is 12.0 Å². The van der Waals surface area contributed by atoms with Crippen LogP contribution >= 0.6 is 0 Å². The fourth-order valence-electron chi connectivity index (χ4n) is 3.02. The van der Waals surface area contributed by atoms with Gasteiger partial charge in [0.1, 0.15) is 11.8 Å². The summed E-state index contributed by atoms with van der Waals surface area (Å²) in [5.41, 5.74) is 2.18. The molecule has 0 saturated carbocycles. The Morgan fingerprint density at radius 3 is 2.85 bits per heavy atom. The second kappa shape index (κ2) is 7.45. The molecule has 3 heterocycles. The molecule has 1 saturated heterocycles. The number of amides is 1. The van der Waals surface area contributed by atoms with Crippen molar-refractivity contribution in [2.24, 2.45) is 0 Å². The second-order valence-electron chi connectivity index (χ2n) is 6.21. The topological polar surface area (TPSA) is 93.2 Å². The van der Waals surface area contributed by atoms with Crippen molar-refractivity contribution in [1.29, 1.82) is 0 Å². The molecule has 138 valence electrons. The third-order valence-electron chi connectivity index (χ3n) is 4.40. The highest BCUT2D eigenvalue weighted by atomic mass is 16.5. The molecule has 1 amide bonds. The van der Waals surface area contributed by atoms with Crippen molar-refractivity contribution in [3.63, 3.8) is 0 Å². The van der Waals surface area contributed by atoms with E-state index in [2.05, 4.69) is 20.2 Å². The zero-order valence-corrected chi connectivity index (χ0v) is 14.8. The van der Waals surface area contributed by atoms with Crippen molar-refractivity contribution in [2.45, 2.75) is 12.5 Å². The lowest BCUT2D eigenvalue weighted by molar-refractivity contribution is 0.0765. The van der Waals surface area contributed by atoms with Gasteiger partial charge in [-0.05, 0) is 6.07 Å². The standard InChI is InChI=1S/C19H19N5O3/c1-26-17-10-20-11-18(21-17)27-14-7-8-24(12-14)19(25)16-9-15(22-23-16)13-5-3-2-4-6-13/h2-6,9-11,14H,7-8,12H2,1H3,(H,22,23). The Kier molecular flexibility index (Phi) is 4.69. The summed E-state index contributed by atoms with van der Waals surface area (Å²) >= 11 is 0. The van der Waals surface area contributed by atoms with E-state index in [1.807, 2.05) is 30.3 Å². The van der Waals surface area contributed by atoms with Gasteiger partial charge in [0.25, 0.3) is 5.91 Å². The molecule has 1 N–H and O–H groups in total. The maximum Gasteiger partial charge on any atom is 0.272 e. The van der Waals surface area contributed by atoms with E-state index in [0.29, 0.717) is 30.5 Å². The first-order chi connectivity index (χ1) is 13.2. The van der Waals surface area contributed by atoms with Crippen molar-refractivity contribution in [2.75, 3.05) is 20.2 Å². The maximum atomic E-state index is 12.7. The minimum Gasteiger partial charge on any atom is -0.480 e. The van der Waals surface area contributed by atoms with Gasteiger partial charge in [-0.15, -0.1) is 0 Å². The normalized spacial score (nSPS) is 16.3. The van der Waals surface area contributed by atoms with E-state index in [0.717, 1.165) is 17.7 Å². The van der Waals surface area contributed by atoms with Crippen LogP contribution < -0.4 is 9.47 Å². The summed E-state index contributed by atoms with van der Waals surface area (Å²) < 4.78 is 10.9. The molecule has 8 nitrogen and oxygen atoms in total. The van der Waals surface area contributed by atoms with Crippen molar-refractivity contribution in [1.82, 2.24) is 25.1 Å². The average molecular weight is 365 g/mol. The van der Waals surface area contributed by atoms with Crippen molar-refractivity contribution in [3.8, 4) is 23.0 Å². The molecule has 2 aromatic heterocycles. The number of carbonyl (C=O) groups excluding carboxylic acids is 1. The minimum atomic E-state index is -0.133. The van der Waals surface area contributed by atoms with Gasteiger partial charge in [-0.2, -0.15) is 10.1 Å². The largest absolute Gasteiger partial charge is 0.480 e.